The number of halogens is 3. The van der Waals surface area contributed by atoms with Gasteiger partial charge in [-0.1, -0.05) is 49.1 Å². The van der Waals surface area contributed by atoms with Gasteiger partial charge in [0.1, 0.15) is 5.69 Å². The third-order valence-electron chi connectivity index (χ3n) is 6.46. The van der Waals surface area contributed by atoms with E-state index in [4.69, 9.17) is 4.98 Å². The standard InChI is InChI=1S/C29H31F3N6/c1-4-8-23(17-19(2)29(30,31)32)27-24(18-26(37-38-27)22-11-14-33-15-12-22)25-13-16-34-28(36-25)35-20(3)21-9-6-5-7-10-21/h4-10,13,16-18,20,22,33H,2,11-12,14-15H2,1,3H3,(H,34,35,36)/b8-4-,23-17+/t20-/m1/s1. The first-order valence-electron chi connectivity index (χ1n) is 12.6. The van der Waals surface area contributed by atoms with Crippen molar-refractivity contribution >= 4 is 11.5 Å². The minimum atomic E-state index is -4.56. The Morgan fingerprint density at radius 2 is 1.87 bits per heavy atom. The Labute approximate surface area is 220 Å². The Kier molecular flexibility index (Phi) is 8.68. The van der Waals surface area contributed by atoms with Crippen molar-refractivity contribution in [3.8, 4) is 11.3 Å². The van der Waals surface area contributed by atoms with Gasteiger partial charge in [0.15, 0.2) is 0 Å². The van der Waals surface area contributed by atoms with Gasteiger partial charge < -0.3 is 10.6 Å². The van der Waals surface area contributed by atoms with Crippen LogP contribution in [0.25, 0.3) is 16.8 Å². The summed E-state index contributed by atoms with van der Waals surface area (Å²) < 4.78 is 40.1. The summed E-state index contributed by atoms with van der Waals surface area (Å²) in [5, 5.41) is 15.5. The first-order valence-corrected chi connectivity index (χ1v) is 12.6. The van der Waals surface area contributed by atoms with Crippen LogP contribution in [0.1, 0.15) is 55.6 Å². The van der Waals surface area contributed by atoms with Gasteiger partial charge in [-0.3, -0.25) is 0 Å². The Morgan fingerprint density at radius 3 is 2.55 bits per heavy atom. The lowest BCUT2D eigenvalue weighted by atomic mass is 9.92. The van der Waals surface area contributed by atoms with E-state index >= 15 is 0 Å². The van der Waals surface area contributed by atoms with Crippen molar-refractivity contribution in [3.05, 3.63) is 96.0 Å². The molecule has 0 spiro atoms. The van der Waals surface area contributed by atoms with E-state index in [0.29, 0.717) is 22.9 Å². The molecular formula is C29H31F3N6. The van der Waals surface area contributed by atoms with E-state index in [-0.39, 0.29) is 17.5 Å². The fourth-order valence-corrected chi connectivity index (χ4v) is 4.37. The maximum atomic E-state index is 13.4. The zero-order valence-electron chi connectivity index (χ0n) is 21.5. The molecule has 1 aliphatic heterocycles. The van der Waals surface area contributed by atoms with Crippen LogP contribution in [0.3, 0.4) is 0 Å². The summed E-state index contributed by atoms with van der Waals surface area (Å²) in [7, 11) is 0. The first-order chi connectivity index (χ1) is 18.3. The van der Waals surface area contributed by atoms with Gasteiger partial charge in [-0.2, -0.15) is 18.3 Å². The number of hydrogen-bond acceptors (Lipinski definition) is 6. The molecule has 6 nitrogen and oxygen atoms in total. The van der Waals surface area contributed by atoms with E-state index in [9.17, 15) is 13.2 Å². The molecule has 4 rings (SSSR count). The summed E-state index contributed by atoms with van der Waals surface area (Å²) in [6.07, 6.45) is 3.11. The molecule has 1 aromatic carbocycles. The average molecular weight is 521 g/mol. The van der Waals surface area contributed by atoms with Crippen LogP contribution in [0, 0.1) is 0 Å². The smallest absolute Gasteiger partial charge is 0.348 e. The van der Waals surface area contributed by atoms with Gasteiger partial charge in [-0.25, -0.2) is 9.97 Å². The number of hydrogen-bond donors (Lipinski definition) is 2. The molecule has 0 saturated carbocycles. The maximum absolute atomic E-state index is 13.4. The van der Waals surface area contributed by atoms with Crippen LogP contribution >= 0.6 is 0 Å². The van der Waals surface area contributed by atoms with Crippen molar-refractivity contribution in [3.63, 3.8) is 0 Å². The summed E-state index contributed by atoms with van der Waals surface area (Å²) in [5.41, 5.74) is 2.58. The molecular weight excluding hydrogens is 489 g/mol. The Hall–Kier alpha value is -3.85. The quantitative estimate of drug-likeness (QED) is 0.324. The minimum absolute atomic E-state index is 0.0552. The predicted octanol–water partition coefficient (Wildman–Crippen LogP) is 6.65. The molecule has 1 fully saturated rings. The van der Waals surface area contributed by atoms with E-state index in [1.165, 1.54) is 0 Å². The van der Waals surface area contributed by atoms with E-state index < -0.39 is 11.7 Å². The molecule has 2 N–H and O–H groups in total. The predicted molar refractivity (Wildman–Crippen MR) is 144 cm³/mol. The van der Waals surface area contributed by atoms with Crippen LogP contribution in [0.5, 0.6) is 0 Å². The molecule has 1 atom stereocenters. The number of anilines is 1. The molecule has 0 unspecified atom stereocenters. The zero-order chi connectivity index (χ0) is 27.1. The normalized spacial score (nSPS) is 16.0. The van der Waals surface area contributed by atoms with Crippen molar-refractivity contribution < 1.29 is 13.2 Å². The first kappa shape index (κ1) is 27.2. The Balaban J connectivity index is 1.78. The van der Waals surface area contributed by atoms with E-state index in [1.807, 2.05) is 43.3 Å². The highest BCUT2D eigenvalue weighted by molar-refractivity contribution is 5.83. The monoisotopic (exact) mass is 520 g/mol. The zero-order valence-corrected chi connectivity index (χ0v) is 21.5. The van der Waals surface area contributed by atoms with Crippen LogP contribution in [-0.2, 0) is 0 Å². The summed E-state index contributed by atoms with van der Waals surface area (Å²) >= 11 is 0. The highest BCUT2D eigenvalue weighted by atomic mass is 19.4. The Morgan fingerprint density at radius 1 is 1.13 bits per heavy atom. The lowest BCUT2D eigenvalue weighted by Gasteiger charge is -2.22. The van der Waals surface area contributed by atoms with Crippen LogP contribution in [0.2, 0.25) is 0 Å². The molecule has 9 heteroatoms. The van der Waals surface area contributed by atoms with Crippen LogP contribution in [0.4, 0.5) is 19.1 Å². The van der Waals surface area contributed by atoms with Crippen LogP contribution in [-0.4, -0.2) is 39.4 Å². The van der Waals surface area contributed by atoms with Crippen molar-refractivity contribution in [2.45, 2.75) is 44.8 Å². The summed E-state index contributed by atoms with van der Waals surface area (Å²) in [4.78, 5) is 9.10. The number of rotatable bonds is 8. The van der Waals surface area contributed by atoms with Gasteiger partial charge in [-0.05, 0) is 63.6 Å². The fraction of sp³-hybridized carbons (Fsp3) is 0.310. The molecule has 3 aromatic rings. The number of allylic oxidation sites excluding steroid dienone is 5. The number of nitrogens with zero attached hydrogens (tertiary/aromatic N) is 4. The van der Waals surface area contributed by atoms with Crippen molar-refractivity contribution in [1.82, 2.24) is 25.5 Å². The van der Waals surface area contributed by atoms with Crippen LogP contribution in [0.15, 0.2) is 79.0 Å². The van der Waals surface area contributed by atoms with E-state index in [2.05, 4.69) is 32.4 Å². The topological polar surface area (TPSA) is 75.6 Å². The lowest BCUT2D eigenvalue weighted by Crippen LogP contribution is -2.27. The van der Waals surface area contributed by atoms with Gasteiger partial charge in [0.2, 0.25) is 5.95 Å². The number of alkyl halides is 3. The van der Waals surface area contributed by atoms with Crippen molar-refractivity contribution in [2.24, 2.45) is 0 Å². The second-order valence-corrected chi connectivity index (χ2v) is 9.22. The molecule has 3 heterocycles. The van der Waals surface area contributed by atoms with E-state index in [1.54, 1.807) is 31.3 Å². The molecule has 0 radical (unpaired) electrons. The SMILES string of the molecule is C=C(/C=C(\C=C/C)c1nnc(C2CCNCC2)cc1-c1ccnc(N[C@H](C)c2ccccc2)n1)C(F)(F)F. The number of piperidine rings is 1. The minimum Gasteiger partial charge on any atom is -0.348 e. The van der Waals surface area contributed by atoms with Gasteiger partial charge in [0, 0.05) is 28.8 Å². The third kappa shape index (κ3) is 6.72. The molecule has 0 bridgehead atoms. The van der Waals surface area contributed by atoms with Gasteiger partial charge in [-0.15, -0.1) is 5.10 Å². The van der Waals surface area contributed by atoms with Gasteiger partial charge in [0.05, 0.1) is 17.4 Å². The summed E-state index contributed by atoms with van der Waals surface area (Å²) in [6, 6.07) is 13.5. The second kappa shape index (κ2) is 12.1. The fourth-order valence-electron chi connectivity index (χ4n) is 4.37. The van der Waals surface area contributed by atoms with Gasteiger partial charge >= 0.3 is 6.18 Å². The average Bonchev–Trinajstić information content (AvgIpc) is 2.93. The molecule has 1 saturated heterocycles. The summed E-state index contributed by atoms with van der Waals surface area (Å²) in [5.74, 6) is 0.606. The molecule has 2 aromatic heterocycles. The highest BCUT2D eigenvalue weighted by Gasteiger charge is 2.31. The molecule has 198 valence electrons. The lowest BCUT2D eigenvalue weighted by molar-refractivity contribution is -0.0877. The second-order valence-electron chi connectivity index (χ2n) is 9.22. The van der Waals surface area contributed by atoms with Crippen LogP contribution < -0.4 is 10.6 Å². The third-order valence-corrected chi connectivity index (χ3v) is 6.46. The largest absolute Gasteiger partial charge is 0.415 e. The van der Waals surface area contributed by atoms with Gasteiger partial charge in [0.25, 0.3) is 0 Å². The number of nitrogens with one attached hydrogen (secondary N) is 2. The van der Waals surface area contributed by atoms with E-state index in [0.717, 1.165) is 43.3 Å². The number of benzene rings is 1. The number of aromatic nitrogens is 4. The maximum Gasteiger partial charge on any atom is 0.415 e. The molecule has 38 heavy (non-hydrogen) atoms. The molecule has 1 aliphatic rings. The van der Waals surface area contributed by atoms with Crippen molar-refractivity contribution in [2.75, 3.05) is 18.4 Å². The molecule has 0 aliphatic carbocycles. The highest BCUT2D eigenvalue weighted by Crippen LogP contribution is 2.34. The summed E-state index contributed by atoms with van der Waals surface area (Å²) in [6.45, 7) is 8.71. The molecule has 0 amide bonds. The van der Waals surface area contributed by atoms with Crippen molar-refractivity contribution in [1.29, 1.82) is 0 Å². The Bertz CT molecular complexity index is 1310.